The number of carbonyl (C=O) groups is 1. The van der Waals surface area contributed by atoms with Crippen LogP contribution in [-0.4, -0.2) is 35.7 Å². The Kier molecular flexibility index (Phi) is 4.89. The van der Waals surface area contributed by atoms with Crippen molar-refractivity contribution < 1.29 is 14.5 Å². The van der Waals surface area contributed by atoms with E-state index in [4.69, 9.17) is 4.74 Å². The number of rotatable bonds is 7. The first-order chi connectivity index (χ1) is 10.1. The minimum atomic E-state index is -0.419. The van der Waals surface area contributed by atoms with Gasteiger partial charge in [0.05, 0.1) is 15.8 Å². The van der Waals surface area contributed by atoms with E-state index in [1.807, 2.05) is 0 Å². The molecule has 0 aliphatic rings. The van der Waals surface area contributed by atoms with Gasteiger partial charge >= 0.3 is 0 Å². The Balaban J connectivity index is 2.07. The molecule has 1 amide bonds. The minimum Gasteiger partial charge on any atom is -0.385 e. The fraction of sp³-hybridized carbons (Fsp3) is 0.357. The Hall–Kier alpha value is -2.41. The number of nitro benzene ring substituents is 1. The monoisotopic (exact) mass is 291 g/mol. The number of nitrogens with one attached hydrogen (secondary N) is 1. The second-order valence-electron chi connectivity index (χ2n) is 4.61. The normalized spacial score (nSPS) is 10.7. The van der Waals surface area contributed by atoms with Crippen LogP contribution in [0.4, 0.5) is 5.69 Å². The molecule has 0 saturated heterocycles. The van der Waals surface area contributed by atoms with Crippen LogP contribution in [-0.2, 0) is 16.1 Å². The number of amides is 1. The highest BCUT2D eigenvalue weighted by Gasteiger charge is 2.14. The Bertz CT molecular complexity index is 651. The number of nitro groups is 1. The molecule has 0 unspecified atom stereocenters. The van der Waals surface area contributed by atoms with Crippen molar-refractivity contribution >= 4 is 22.5 Å². The molecule has 0 aliphatic heterocycles. The topological polar surface area (TPSA) is 86.4 Å². The van der Waals surface area contributed by atoms with Gasteiger partial charge < -0.3 is 14.6 Å². The minimum absolute atomic E-state index is 0.0479. The molecule has 0 aliphatic carbocycles. The predicted molar refractivity (Wildman–Crippen MR) is 78.1 cm³/mol. The molecule has 112 valence electrons. The summed E-state index contributed by atoms with van der Waals surface area (Å²) in [6.07, 6.45) is 2.44. The summed E-state index contributed by atoms with van der Waals surface area (Å²) in [7, 11) is 1.61. The second kappa shape index (κ2) is 6.85. The molecule has 7 heteroatoms. The van der Waals surface area contributed by atoms with E-state index in [2.05, 4.69) is 5.32 Å². The van der Waals surface area contributed by atoms with Crippen LogP contribution in [0.5, 0.6) is 0 Å². The second-order valence-corrected chi connectivity index (χ2v) is 4.61. The van der Waals surface area contributed by atoms with Gasteiger partial charge in [-0.15, -0.1) is 0 Å². The average molecular weight is 291 g/mol. The number of aromatic nitrogens is 1. The maximum Gasteiger partial charge on any atom is 0.278 e. The number of ether oxygens (including phenoxy) is 1. The van der Waals surface area contributed by atoms with E-state index < -0.39 is 4.92 Å². The highest BCUT2D eigenvalue weighted by Crippen LogP contribution is 2.26. The van der Waals surface area contributed by atoms with Crippen molar-refractivity contribution in [1.82, 2.24) is 9.88 Å². The third-order valence-electron chi connectivity index (χ3n) is 3.15. The lowest BCUT2D eigenvalue weighted by molar-refractivity contribution is -0.383. The maximum absolute atomic E-state index is 11.8. The quantitative estimate of drug-likeness (QED) is 0.478. The predicted octanol–water partition coefficient (Wildman–Crippen LogP) is 1.70. The van der Waals surface area contributed by atoms with Crippen molar-refractivity contribution in [1.29, 1.82) is 0 Å². The van der Waals surface area contributed by atoms with Crippen molar-refractivity contribution in [2.75, 3.05) is 20.3 Å². The molecule has 0 saturated carbocycles. The average Bonchev–Trinajstić information content (AvgIpc) is 2.86. The van der Waals surface area contributed by atoms with Crippen LogP contribution < -0.4 is 5.32 Å². The molecular formula is C14H17N3O4. The van der Waals surface area contributed by atoms with Crippen LogP contribution in [0.1, 0.15) is 6.42 Å². The van der Waals surface area contributed by atoms with Gasteiger partial charge in [-0.3, -0.25) is 14.9 Å². The first kappa shape index (κ1) is 15.0. The third-order valence-corrected chi connectivity index (χ3v) is 3.15. The number of hydrogen-bond acceptors (Lipinski definition) is 4. The highest BCUT2D eigenvalue weighted by atomic mass is 16.6. The highest BCUT2D eigenvalue weighted by molar-refractivity contribution is 5.90. The van der Waals surface area contributed by atoms with E-state index in [0.717, 1.165) is 6.42 Å². The molecule has 21 heavy (non-hydrogen) atoms. The van der Waals surface area contributed by atoms with Crippen LogP contribution in [0.3, 0.4) is 0 Å². The largest absolute Gasteiger partial charge is 0.385 e. The lowest BCUT2D eigenvalue weighted by atomic mass is 10.2. The van der Waals surface area contributed by atoms with Gasteiger partial charge in [-0.1, -0.05) is 6.07 Å². The van der Waals surface area contributed by atoms with Gasteiger partial charge in [0.2, 0.25) is 5.91 Å². The summed E-state index contributed by atoms with van der Waals surface area (Å²) in [5.41, 5.74) is 0.725. The smallest absolute Gasteiger partial charge is 0.278 e. The molecule has 0 atom stereocenters. The lowest BCUT2D eigenvalue weighted by Crippen LogP contribution is -2.28. The van der Waals surface area contributed by atoms with Crippen molar-refractivity contribution in [2.24, 2.45) is 0 Å². The molecule has 0 fully saturated rings. The summed E-state index contributed by atoms with van der Waals surface area (Å²) >= 11 is 0. The van der Waals surface area contributed by atoms with Gasteiger partial charge in [0, 0.05) is 32.5 Å². The van der Waals surface area contributed by atoms with E-state index in [1.54, 1.807) is 36.1 Å². The molecule has 7 nitrogen and oxygen atoms in total. The summed E-state index contributed by atoms with van der Waals surface area (Å²) in [6, 6.07) is 6.50. The van der Waals surface area contributed by atoms with Crippen LogP contribution >= 0.6 is 0 Å². The fourth-order valence-electron chi connectivity index (χ4n) is 2.16. The van der Waals surface area contributed by atoms with Crippen molar-refractivity contribution in [3.63, 3.8) is 0 Å². The summed E-state index contributed by atoms with van der Waals surface area (Å²) in [5.74, 6) is -0.130. The standard InChI is InChI=1S/C14H17N3O4/c1-21-9-3-7-15-14(18)10-16-8-6-11-12(16)4-2-5-13(11)17(19)20/h2,4-6,8H,3,7,9-10H2,1H3,(H,15,18). The zero-order valence-electron chi connectivity index (χ0n) is 11.7. The fourth-order valence-corrected chi connectivity index (χ4v) is 2.16. The SMILES string of the molecule is COCCCNC(=O)Cn1ccc2c([N+](=O)[O-])cccc21. The van der Waals surface area contributed by atoms with E-state index in [1.165, 1.54) is 6.07 Å². The van der Waals surface area contributed by atoms with Gasteiger partial charge in [-0.25, -0.2) is 0 Å². The zero-order valence-corrected chi connectivity index (χ0v) is 11.7. The van der Waals surface area contributed by atoms with Gasteiger partial charge in [0.1, 0.15) is 6.54 Å². The number of carbonyl (C=O) groups excluding carboxylic acids is 1. The molecule has 0 bridgehead atoms. The number of benzene rings is 1. The van der Waals surface area contributed by atoms with Crippen LogP contribution in [0.2, 0.25) is 0 Å². The third kappa shape index (κ3) is 3.57. The van der Waals surface area contributed by atoms with Crippen LogP contribution in [0.25, 0.3) is 10.9 Å². The summed E-state index contributed by atoms with van der Waals surface area (Å²) in [4.78, 5) is 22.4. The molecule has 1 aromatic carbocycles. The van der Waals surface area contributed by atoms with Gasteiger partial charge in [0.25, 0.3) is 5.69 Å². The molecule has 1 heterocycles. The van der Waals surface area contributed by atoms with E-state index in [0.29, 0.717) is 24.1 Å². The lowest BCUT2D eigenvalue weighted by Gasteiger charge is -2.07. The number of fused-ring (bicyclic) bond motifs is 1. The molecule has 1 aromatic heterocycles. The number of nitrogens with zero attached hydrogens (tertiary/aromatic N) is 2. The number of methoxy groups -OCH3 is 1. The first-order valence-electron chi connectivity index (χ1n) is 6.61. The van der Waals surface area contributed by atoms with Gasteiger partial charge in [0.15, 0.2) is 0 Å². The first-order valence-corrected chi connectivity index (χ1v) is 6.61. The Morgan fingerprint density at radius 3 is 2.95 bits per heavy atom. The van der Waals surface area contributed by atoms with Crippen molar-refractivity contribution in [2.45, 2.75) is 13.0 Å². The van der Waals surface area contributed by atoms with Crippen molar-refractivity contribution in [3.05, 3.63) is 40.6 Å². The molecular weight excluding hydrogens is 274 g/mol. The van der Waals surface area contributed by atoms with Crippen LogP contribution in [0.15, 0.2) is 30.5 Å². The Labute approximate surface area is 121 Å². The molecule has 2 rings (SSSR count). The van der Waals surface area contributed by atoms with Gasteiger partial charge in [-0.2, -0.15) is 0 Å². The molecule has 2 aromatic rings. The number of non-ortho nitro benzene ring substituents is 1. The van der Waals surface area contributed by atoms with E-state index in [-0.39, 0.29) is 18.1 Å². The zero-order chi connectivity index (χ0) is 15.2. The van der Waals surface area contributed by atoms with Crippen molar-refractivity contribution in [3.8, 4) is 0 Å². The summed E-state index contributed by atoms with van der Waals surface area (Å²) in [5, 5.41) is 14.3. The Morgan fingerprint density at radius 1 is 1.43 bits per heavy atom. The molecule has 0 radical (unpaired) electrons. The van der Waals surface area contributed by atoms with E-state index in [9.17, 15) is 14.9 Å². The number of hydrogen-bond donors (Lipinski definition) is 1. The Morgan fingerprint density at radius 2 is 2.24 bits per heavy atom. The molecule has 0 spiro atoms. The van der Waals surface area contributed by atoms with Crippen LogP contribution in [0, 0.1) is 10.1 Å². The summed E-state index contributed by atoms with van der Waals surface area (Å²) < 4.78 is 6.60. The maximum atomic E-state index is 11.8. The summed E-state index contributed by atoms with van der Waals surface area (Å²) in [6.45, 7) is 1.28. The van der Waals surface area contributed by atoms with Gasteiger partial charge in [-0.05, 0) is 18.6 Å². The molecule has 1 N–H and O–H groups in total. The van der Waals surface area contributed by atoms with E-state index >= 15 is 0 Å².